The maximum Gasteiger partial charge on any atom is 0.260 e. The second-order valence-corrected chi connectivity index (χ2v) is 4.01. The molecule has 0 spiro atoms. The molecular weight excluding hydrogens is 222 g/mol. The van der Waals surface area contributed by atoms with Crippen molar-refractivity contribution >= 4 is 35.2 Å². The van der Waals surface area contributed by atoms with E-state index in [1.165, 1.54) is 11.8 Å². The van der Waals surface area contributed by atoms with Crippen molar-refractivity contribution in [3.8, 4) is 0 Å². The Morgan fingerprint density at radius 3 is 2.64 bits per heavy atom. The Labute approximate surface area is 89.8 Å². The first-order valence-electron chi connectivity index (χ1n) is 3.87. The van der Waals surface area contributed by atoms with Crippen LogP contribution in [0.2, 0.25) is 5.02 Å². The quantitative estimate of drug-likeness (QED) is 0.589. The molecule has 14 heavy (non-hydrogen) atoms. The number of amides is 2. The average Bonchev–Trinajstić information content (AvgIpc) is 2.44. The zero-order valence-electron chi connectivity index (χ0n) is 7.26. The highest BCUT2D eigenvalue weighted by Crippen LogP contribution is 2.32. The molecule has 1 aliphatic heterocycles. The average molecular weight is 228 g/mol. The Morgan fingerprint density at radius 1 is 1.29 bits per heavy atom. The molecule has 0 saturated carbocycles. The van der Waals surface area contributed by atoms with E-state index >= 15 is 0 Å². The molecule has 0 unspecified atom stereocenters. The predicted octanol–water partition coefficient (Wildman–Crippen LogP) is 1.95. The van der Waals surface area contributed by atoms with Gasteiger partial charge in [0.05, 0.1) is 16.1 Å². The molecule has 1 aliphatic rings. The van der Waals surface area contributed by atoms with Crippen LogP contribution in [-0.4, -0.2) is 18.1 Å². The van der Waals surface area contributed by atoms with E-state index in [0.29, 0.717) is 16.1 Å². The van der Waals surface area contributed by atoms with Crippen molar-refractivity contribution in [1.82, 2.24) is 5.32 Å². The molecule has 2 rings (SSSR count). The molecule has 0 aliphatic carbocycles. The summed E-state index contributed by atoms with van der Waals surface area (Å²) in [5, 5.41) is 2.56. The van der Waals surface area contributed by atoms with Gasteiger partial charge in [-0.2, -0.15) is 0 Å². The van der Waals surface area contributed by atoms with Crippen LogP contribution in [0.15, 0.2) is 17.0 Å². The van der Waals surface area contributed by atoms with Gasteiger partial charge in [0.25, 0.3) is 11.8 Å². The minimum Gasteiger partial charge on any atom is -0.288 e. The van der Waals surface area contributed by atoms with Crippen LogP contribution in [0.5, 0.6) is 0 Å². The highest BCUT2D eigenvalue weighted by Gasteiger charge is 2.30. The molecule has 5 heteroatoms. The van der Waals surface area contributed by atoms with Crippen LogP contribution in [0.1, 0.15) is 20.7 Å². The first-order chi connectivity index (χ1) is 6.65. The van der Waals surface area contributed by atoms with E-state index in [9.17, 15) is 9.59 Å². The third-order valence-corrected chi connectivity index (χ3v) is 3.31. The predicted molar refractivity (Wildman–Crippen MR) is 55.0 cm³/mol. The van der Waals surface area contributed by atoms with Gasteiger partial charge >= 0.3 is 0 Å². The maximum atomic E-state index is 11.3. The highest BCUT2D eigenvalue weighted by molar-refractivity contribution is 7.98. The van der Waals surface area contributed by atoms with E-state index in [0.717, 1.165) is 4.90 Å². The Hall–Kier alpha value is -1.00. The lowest BCUT2D eigenvalue weighted by Gasteiger charge is -2.02. The molecule has 0 atom stereocenters. The van der Waals surface area contributed by atoms with Gasteiger partial charge in [0.15, 0.2) is 0 Å². The van der Waals surface area contributed by atoms with Gasteiger partial charge in [-0.05, 0) is 18.4 Å². The number of imide groups is 1. The molecule has 2 amide bonds. The number of rotatable bonds is 1. The van der Waals surface area contributed by atoms with Crippen LogP contribution in [0.3, 0.4) is 0 Å². The van der Waals surface area contributed by atoms with Gasteiger partial charge < -0.3 is 0 Å². The SMILES string of the molecule is CSc1ccc2c(c1Cl)C(=O)NC2=O. The van der Waals surface area contributed by atoms with Gasteiger partial charge in [0, 0.05) is 4.90 Å². The smallest absolute Gasteiger partial charge is 0.260 e. The van der Waals surface area contributed by atoms with Crippen molar-refractivity contribution in [3.05, 3.63) is 28.3 Å². The number of thioether (sulfide) groups is 1. The molecule has 1 N–H and O–H groups in total. The van der Waals surface area contributed by atoms with Gasteiger partial charge in [-0.15, -0.1) is 11.8 Å². The second kappa shape index (κ2) is 3.29. The summed E-state index contributed by atoms with van der Waals surface area (Å²) < 4.78 is 0. The number of carbonyl (C=O) groups is 2. The standard InChI is InChI=1S/C9H6ClNO2S/c1-14-5-3-2-4-6(7(5)10)9(13)11-8(4)12/h2-3H,1H3,(H,11,12,13). The molecule has 0 aromatic heterocycles. The molecule has 1 aromatic carbocycles. The molecule has 3 nitrogen and oxygen atoms in total. The molecular formula is C9H6ClNO2S. The van der Waals surface area contributed by atoms with E-state index < -0.39 is 5.91 Å². The summed E-state index contributed by atoms with van der Waals surface area (Å²) in [6.45, 7) is 0. The lowest BCUT2D eigenvalue weighted by molar-refractivity contribution is 0.0879. The van der Waals surface area contributed by atoms with Crippen molar-refractivity contribution in [2.45, 2.75) is 4.90 Å². The fraction of sp³-hybridized carbons (Fsp3) is 0.111. The number of fused-ring (bicyclic) bond motifs is 1. The zero-order chi connectivity index (χ0) is 10.3. The van der Waals surface area contributed by atoms with E-state index in [1.807, 2.05) is 6.26 Å². The maximum absolute atomic E-state index is 11.3. The molecule has 72 valence electrons. The summed E-state index contributed by atoms with van der Waals surface area (Å²) >= 11 is 7.42. The van der Waals surface area contributed by atoms with Crippen LogP contribution in [-0.2, 0) is 0 Å². The van der Waals surface area contributed by atoms with Crippen molar-refractivity contribution in [1.29, 1.82) is 0 Å². The minimum atomic E-state index is -0.411. The Balaban J connectivity index is 2.70. The van der Waals surface area contributed by atoms with Crippen molar-refractivity contribution in [2.75, 3.05) is 6.26 Å². The Kier molecular flexibility index (Phi) is 2.25. The van der Waals surface area contributed by atoms with Crippen LogP contribution in [0, 0.1) is 0 Å². The third-order valence-electron chi connectivity index (χ3n) is 2.03. The molecule has 1 heterocycles. The lowest BCUT2D eigenvalue weighted by Crippen LogP contribution is -2.20. The monoisotopic (exact) mass is 227 g/mol. The van der Waals surface area contributed by atoms with Gasteiger partial charge in [-0.25, -0.2) is 0 Å². The topological polar surface area (TPSA) is 46.2 Å². The Morgan fingerprint density at radius 2 is 2.00 bits per heavy atom. The van der Waals surface area contributed by atoms with Crippen LogP contribution in [0.25, 0.3) is 0 Å². The largest absolute Gasteiger partial charge is 0.288 e. The number of hydrogen-bond donors (Lipinski definition) is 1. The van der Waals surface area contributed by atoms with Gasteiger partial charge in [-0.3, -0.25) is 14.9 Å². The number of carbonyl (C=O) groups excluding carboxylic acids is 2. The minimum absolute atomic E-state index is 0.295. The van der Waals surface area contributed by atoms with Crippen LogP contribution in [0.4, 0.5) is 0 Å². The van der Waals surface area contributed by atoms with E-state index in [2.05, 4.69) is 5.32 Å². The van der Waals surface area contributed by atoms with E-state index in [-0.39, 0.29) is 5.91 Å². The number of benzene rings is 1. The fourth-order valence-corrected chi connectivity index (χ4v) is 2.33. The summed E-state index contributed by atoms with van der Waals surface area (Å²) in [6, 6.07) is 3.36. The van der Waals surface area contributed by atoms with Crippen LogP contribution >= 0.6 is 23.4 Å². The number of hydrogen-bond acceptors (Lipinski definition) is 3. The van der Waals surface area contributed by atoms with Crippen molar-refractivity contribution < 1.29 is 9.59 Å². The summed E-state index contributed by atoms with van der Waals surface area (Å²) in [6.07, 6.45) is 1.86. The van der Waals surface area contributed by atoms with E-state index in [1.54, 1.807) is 12.1 Å². The molecule has 0 radical (unpaired) electrons. The van der Waals surface area contributed by atoms with Gasteiger partial charge in [0.2, 0.25) is 0 Å². The van der Waals surface area contributed by atoms with Crippen molar-refractivity contribution in [2.24, 2.45) is 0 Å². The van der Waals surface area contributed by atoms with Crippen LogP contribution < -0.4 is 5.32 Å². The normalized spacial score (nSPS) is 14.1. The number of nitrogens with one attached hydrogen (secondary N) is 1. The fourth-order valence-electron chi connectivity index (χ4n) is 1.36. The molecule has 0 saturated heterocycles. The Bertz CT molecular complexity index is 445. The third kappa shape index (κ3) is 1.22. The second-order valence-electron chi connectivity index (χ2n) is 2.79. The number of halogens is 1. The first kappa shape index (κ1) is 9.55. The first-order valence-corrected chi connectivity index (χ1v) is 5.47. The summed E-state index contributed by atoms with van der Waals surface area (Å²) in [5.74, 6) is -0.787. The van der Waals surface area contributed by atoms with Gasteiger partial charge in [0.1, 0.15) is 0 Å². The molecule has 1 aromatic rings. The molecule has 0 fully saturated rings. The van der Waals surface area contributed by atoms with Gasteiger partial charge in [-0.1, -0.05) is 11.6 Å². The van der Waals surface area contributed by atoms with Crippen molar-refractivity contribution in [3.63, 3.8) is 0 Å². The summed E-state index contributed by atoms with van der Waals surface area (Å²) in [4.78, 5) is 23.4. The summed E-state index contributed by atoms with van der Waals surface area (Å²) in [7, 11) is 0. The van der Waals surface area contributed by atoms with E-state index in [4.69, 9.17) is 11.6 Å². The summed E-state index contributed by atoms with van der Waals surface area (Å²) in [5.41, 5.74) is 0.654. The highest BCUT2D eigenvalue weighted by atomic mass is 35.5. The molecule has 0 bridgehead atoms. The lowest BCUT2D eigenvalue weighted by atomic mass is 10.1. The zero-order valence-corrected chi connectivity index (χ0v) is 8.83.